The van der Waals surface area contributed by atoms with Crippen molar-refractivity contribution in [1.29, 1.82) is 0 Å². The minimum absolute atomic E-state index is 0. The Kier molecular flexibility index (Phi) is 7.95. The fraction of sp³-hybridized carbons (Fsp3) is 0.231. The van der Waals surface area contributed by atoms with E-state index >= 15 is 0 Å². The summed E-state index contributed by atoms with van der Waals surface area (Å²) < 4.78 is 1.67. The zero-order chi connectivity index (χ0) is 25.1. The first-order chi connectivity index (χ1) is 17.6. The van der Waals surface area contributed by atoms with Gasteiger partial charge in [0.1, 0.15) is 12.1 Å². The first-order valence-electron chi connectivity index (χ1n) is 11.7. The molecule has 4 aromatic heterocycles. The Hall–Kier alpha value is -4.09. The maximum absolute atomic E-state index is 12.3. The standard InChI is InChI=1S/C26H26N8O2.H2S/c1-16(19-5-6-21(26(36)27-2)20-4-3-7-28-24(19)20)12-29-23-11-22(31-15-32-23)17-10-18-14-33-34(8-9-35)25(18)30-13-17;/h3-7,10-11,13-16,35H,8-9,12H2,1-2H3,(H,27,36)(H,29,31,32);1H2/t16-;/m1./s1. The van der Waals surface area contributed by atoms with E-state index in [0.29, 0.717) is 24.5 Å². The predicted octanol–water partition coefficient (Wildman–Crippen LogP) is 3.12. The Morgan fingerprint density at radius 3 is 2.78 bits per heavy atom. The number of fused-ring (bicyclic) bond motifs is 2. The van der Waals surface area contributed by atoms with Crippen molar-refractivity contribution < 1.29 is 9.90 Å². The van der Waals surface area contributed by atoms with Crippen molar-refractivity contribution in [2.24, 2.45) is 0 Å². The summed E-state index contributed by atoms with van der Waals surface area (Å²) in [6.45, 7) is 3.13. The van der Waals surface area contributed by atoms with Crippen molar-refractivity contribution in [3.05, 3.63) is 72.4 Å². The maximum Gasteiger partial charge on any atom is 0.251 e. The first kappa shape index (κ1) is 26.0. The number of rotatable bonds is 8. The van der Waals surface area contributed by atoms with Gasteiger partial charge < -0.3 is 15.7 Å². The normalized spacial score (nSPS) is 11.8. The van der Waals surface area contributed by atoms with E-state index in [0.717, 1.165) is 38.8 Å². The lowest BCUT2D eigenvalue weighted by Crippen LogP contribution is -2.19. The first-order valence-corrected chi connectivity index (χ1v) is 11.7. The molecule has 0 saturated heterocycles. The zero-order valence-electron chi connectivity index (χ0n) is 20.5. The summed E-state index contributed by atoms with van der Waals surface area (Å²) >= 11 is 0. The number of nitrogens with one attached hydrogen (secondary N) is 2. The number of amides is 1. The number of hydrogen-bond acceptors (Lipinski definition) is 8. The van der Waals surface area contributed by atoms with Crippen molar-refractivity contribution in [3.8, 4) is 11.3 Å². The summed E-state index contributed by atoms with van der Waals surface area (Å²) in [4.78, 5) is 30.1. The Balaban J connectivity index is 0.00000320. The van der Waals surface area contributed by atoms with Gasteiger partial charge in [-0.1, -0.05) is 19.1 Å². The highest BCUT2D eigenvalue weighted by atomic mass is 32.1. The van der Waals surface area contributed by atoms with E-state index in [-0.39, 0.29) is 31.9 Å². The van der Waals surface area contributed by atoms with Gasteiger partial charge in [0.25, 0.3) is 5.91 Å². The van der Waals surface area contributed by atoms with Gasteiger partial charge in [0, 0.05) is 59.9 Å². The van der Waals surface area contributed by atoms with E-state index < -0.39 is 0 Å². The number of carbonyl (C=O) groups excluding carboxylic acids is 1. The van der Waals surface area contributed by atoms with Gasteiger partial charge in [-0.15, -0.1) is 0 Å². The molecule has 0 radical (unpaired) electrons. The molecule has 5 aromatic rings. The Labute approximate surface area is 220 Å². The summed E-state index contributed by atoms with van der Waals surface area (Å²) in [6.07, 6.45) is 6.75. The van der Waals surface area contributed by atoms with Crippen LogP contribution in [-0.4, -0.2) is 60.9 Å². The smallest absolute Gasteiger partial charge is 0.251 e. The van der Waals surface area contributed by atoms with Crippen LogP contribution in [0.4, 0.5) is 5.82 Å². The topological polar surface area (TPSA) is 131 Å². The van der Waals surface area contributed by atoms with Gasteiger partial charge in [0.05, 0.1) is 30.6 Å². The number of anilines is 1. The molecule has 0 aliphatic carbocycles. The van der Waals surface area contributed by atoms with Gasteiger partial charge in [-0.05, 0) is 23.8 Å². The van der Waals surface area contributed by atoms with Crippen LogP contribution in [0.25, 0.3) is 33.2 Å². The Bertz CT molecular complexity index is 1550. The minimum atomic E-state index is -0.132. The molecule has 0 aliphatic rings. The quantitative estimate of drug-likeness (QED) is 0.287. The second-order valence-electron chi connectivity index (χ2n) is 8.48. The lowest BCUT2D eigenvalue weighted by Gasteiger charge is -2.17. The summed E-state index contributed by atoms with van der Waals surface area (Å²) in [5.74, 6) is 0.671. The van der Waals surface area contributed by atoms with Crippen LogP contribution in [0.2, 0.25) is 0 Å². The number of pyridine rings is 2. The van der Waals surface area contributed by atoms with Crippen LogP contribution in [0.5, 0.6) is 0 Å². The number of benzene rings is 1. The number of aliphatic hydroxyl groups is 1. The minimum Gasteiger partial charge on any atom is -0.394 e. The largest absolute Gasteiger partial charge is 0.394 e. The zero-order valence-corrected chi connectivity index (χ0v) is 21.5. The highest BCUT2D eigenvalue weighted by molar-refractivity contribution is 7.59. The van der Waals surface area contributed by atoms with E-state index in [1.807, 2.05) is 36.4 Å². The lowest BCUT2D eigenvalue weighted by molar-refractivity contribution is 0.0964. The average molecular weight is 517 g/mol. The molecule has 1 aromatic carbocycles. The Morgan fingerprint density at radius 1 is 1.11 bits per heavy atom. The van der Waals surface area contributed by atoms with Crippen LogP contribution in [0.1, 0.15) is 28.8 Å². The average Bonchev–Trinajstić information content (AvgIpc) is 3.33. The molecule has 190 valence electrons. The second kappa shape index (κ2) is 11.3. The van der Waals surface area contributed by atoms with Gasteiger partial charge >= 0.3 is 0 Å². The van der Waals surface area contributed by atoms with Crippen LogP contribution in [-0.2, 0) is 6.54 Å². The molecule has 0 saturated carbocycles. The molecule has 37 heavy (non-hydrogen) atoms. The molecule has 1 amide bonds. The molecule has 5 rings (SSSR count). The molecule has 0 bridgehead atoms. The molecular weight excluding hydrogens is 488 g/mol. The van der Waals surface area contributed by atoms with Gasteiger partial charge in [-0.25, -0.2) is 19.6 Å². The third-order valence-corrected chi connectivity index (χ3v) is 6.14. The molecule has 10 nitrogen and oxygen atoms in total. The lowest BCUT2D eigenvalue weighted by atomic mass is 9.95. The van der Waals surface area contributed by atoms with Gasteiger partial charge in [0.15, 0.2) is 5.65 Å². The number of hydrogen-bond donors (Lipinski definition) is 3. The fourth-order valence-corrected chi connectivity index (χ4v) is 4.27. The highest BCUT2D eigenvalue weighted by Crippen LogP contribution is 2.28. The van der Waals surface area contributed by atoms with Crippen LogP contribution < -0.4 is 10.6 Å². The highest BCUT2D eigenvalue weighted by Gasteiger charge is 2.16. The summed E-state index contributed by atoms with van der Waals surface area (Å²) in [5, 5.41) is 21.3. The number of aliphatic hydroxyl groups excluding tert-OH is 1. The summed E-state index contributed by atoms with van der Waals surface area (Å²) in [7, 11) is 1.62. The number of carbonyl (C=O) groups is 1. The van der Waals surface area contributed by atoms with E-state index in [1.165, 1.54) is 6.33 Å². The fourth-order valence-electron chi connectivity index (χ4n) is 4.27. The van der Waals surface area contributed by atoms with Gasteiger partial charge in [0.2, 0.25) is 0 Å². The van der Waals surface area contributed by atoms with E-state index in [1.54, 1.807) is 30.3 Å². The monoisotopic (exact) mass is 516 g/mol. The third kappa shape index (κ3) is 5.23. The number of aromatic nitrogens is 6. The van der Waals surface area contributed by atoms with Crippen LogP contribution in [0.3, 0.4) is 0 Å². The molecule has 1 atom stereocenters. The molecule has 0 spiro atoms. The third-order valence-electron chi connectivity index (χ3n) is 6.14. The van der Waals surface area contributed by atoms with Crippen molar-refractivity contribution in [3.63, 3.8) is 0 Å². The summed E-state index contributed by atoms with van der Waals surface area (Å²) in [6, 6.07) is 11.4. The molecule has 11 heteroatoms. The SMILES string of the molecule is CNC(=O)c1ccc([C@H](C)CNc2cc(-c3cnc4c(cnn4CCO)c3)ncn2)c2ncccc12.S. The maximum atomic E-state index is 12.3. The molecule has 0 aliphatic heterocycles. The molecule has 3 N–H and O–H groups in total. The van der Waals surface area contributed by atoms with Crippen molar-refractivity contribution in [2.75, 3.05) is 25.5 Å². The van der Waals surface area contributed by atoms with E-state index in [4.69, 9.17) is 0 Å². The van der Waals surface area contributed by atoms with Crippen molar-refractivity contribution in [1.82, 2.24) is 35.0 Å². The van der Waals surface area contributed by atoms with Crippen LogP contribution in [0, 0.1) is 0 Å². The Morgan fingerprint density at radius 2 is 1.97 bits per heavy atom. The van der Waals surface area contributed by atoms with Crippen molar-refractivity contribution >= 4 is 47.2 Å². The summed E-state index contributed by atoms with van der Waals surface area (Å²) in [5.41, 5.74) is 4.79. The molecular formula is C26H28N8O2S. The van der Waals surface area contributed by atoms with Gasteiger partial charge in [-0.2, -0.15) is 18.6 Å². The molecule has 0 fully saturated rings. The van der Waals surface area contributed by atoms with Crippen LogP contribution >= 0.6 is 13.5 Å². The van der Waals surface area contributed by atoms with E-state index in [9.17, 15) is 9.90 Å². The molecule has 4 heterocycles. The van der Waals surface area contributed by atoms with Crippen LogP contribution in [0.15, 0.2) is 61.3 Å². The second-order valence-corrected chi connectivity index (χ2v) is 8.48. The van der Waals surface area contributed by atoms with E-state index in [2.05, 4.69) is 42.6 Å². The van der Waals surface area contributed by atoms with Gasteiger partial charge in [-0.3, -0.25) is 9.78 Å². The predicted molar refractivity (Wildman–Crippen MR) is 148 cm³/mol. The number of nitrogens with zero attached hydrogens (tertiary/aromatic N) is 6. The molecule has 0 unspecified atom stereocenters. The van der Waals surface area contributed by atoms with Crippen molar-refractivity contribution in [2.45, 2.75) is 19.4 Å².